The zero-order valence-corrected chi connectivity index (χ0v) is 7.69. The molecule has 0 aromatic rings. The first-order valence-electron chi connectivity index (χ1n) is 4.73. The molecule has 1 saturated heterocycles. The first-order chi connectivity index (χ1) is 5.33. The van der Waals surface area contributed by atoms with Crippen LogP contribution in [-0.2, 0) is 0 Å². The minimum Gasteiger partial charge on any atom is -0.317 e. The van der Waals surface area contributed by atoms with Crippen LogP contribution in [0.1, 0.15) is 32.6 Å². The van der Waals surface area contributed by atoms with Crippen molar-refractivity contribution in [1.29, 1.82) is 0 Å². The van der Waals surface area contributed by atoms with Crippen LogP contribution < -0.4 is 10.6 Å². The largest absolute Gasteiger partial charge is 0.317 e. The van der Waals surface area contributed by atoms with Gasteiger partial charge in [-0.05, 0) is 46.2 Å². The summed E-state index contributed by atoms with van der Waals surface area (Å²) in [4.78, 5) is 0. The number of nitrogens with one attached hydrogen (secondary N) is 2. The lowest BCUT2D eigenvalue weighted by Crippen LogP contribution is -2.16. The summed E-state index contributed by atoms with van der Waals surface area (Å²) in [6.07, 6.45) is 5.55. The molecule has 1 heterocycles. The summed E-state index contributed by atoms with van der Waals surface area (Å²) in [5.74, 6) is 0. The Hall–Kier alpha value is -0.0800. The number of rotatable bonds is 1. The van der Waals surface area contributed by atoms with Gasteiger partial charge in [0.2, 0.25) is 0 Å². The van der Waals surface area contributed by atoms with E-state index < -0.39 is 0 Å². The lowest BCUT2D eigenvalue weighted by molar-refractivity contribution is 0.664. The molecule has 1 aliphatic heterocycles. The normalized spacial score (nSPS) is 29.5. The second-order valence-electron chi connectivity index (χ2n) is 3.56. The zero-order valence-electron chi connectivity index (χ0n) is 7.69. The Kier molecular flexibility index (Phi) is 3.87. The van der Waals surface area contributed by atoms with Crippen LogP contribution in [0.4, 0.5) is 0 Å². The predicted octanol–water partition coefficient (Wildman–Crippen LogP) is 1.13. The van der Waals surface area contributed by atoms with Crippen molar-refractivity contribution in [3.63, 3.8) is 0 Å². The van der Waals surface area contributed by atoms with Gasteiger partial charge in [-0.3, -0.25) is 0 Å². The van der Waals surface area contributed by atoms with E-state index >= 15 is 0 Å². The van der Waals surface area contributed by atoms with Crippen molar-refractivity contribution >= 4 is 0 Å². The fourth-order valence-corrected chi connectivity index (χ4v) is 1.23. The lowest BCUT2D eigenvalue weighted by atomic mass is 10.3. The fourth-order valence-electron chi connectivity index (χ4n) is 1.23. The van der Waals surface area contributed by atoms with E-state index in [2.05, 4.69) is 17.6 Å². The molecule has 0 aromatic heterocycles. The molecule has 1 saturated carbocycles. The van der Waals surface area contributed by atoms with E-state index in [0.29, 0.717) is 0 Å². The van der Waals surface area contributed by atoms with E-state index in [1.165, 1.54) is 32.2 Å². The number of hydrogen-bond acceptors (Lipinski definition) is 2. The van der Waals surface area contributed by atoms with Gasteiger partial charge in [-0.25, -0.2) is 0 Å². The van der Waals surface area contributed by atoms with Gasteiger partial charge in [-0.1, -0.05) is 0 Å². The molecule has 66 valence electrons. The third-order valence-corrected chi connectivity index (χ3v) is 2.29. The first-order valence-corrected chi connectivity index (χ1v) is 4.73. The Bertz CT molecular complexity index is 93.7. The molecule has 2 nitrogen and oxygen atoms in total. The molecular weight excluding hydrogens is 136 g/mol. The van der Waals surface area contributed by atoms with Crippen molar-refractivity contribution in [1.82, 2.24) is 10.6 Å². The average Bonchev–Trinajstić information content (AvgIpc) is 2.75. The van der Waals surface area contributed by atoms with E-state index in [9.17, 15) is 0 Å². The van der Waals surface area contributed by atoms with Gasteiger partial charge in [0.05, 0.1) is 0 Å². The molecule has 1 unspecified atom stereocenters. The molecule has 2 heteroatoms. The molecule has 0 spiro atoms. The smallest absolute Gasteiger partial charge is 0.00652 e. The Morgan fingerprint density at radius 1 is 1.27 bits per heavy atom. The van der Waals surface area contributed by atoms with E-state index in [1.807, 2.05) is 7.05 Å². The number of hydrogen-bond donors (Lipinski definition) is 2. The van der Waals surface area contributed by atoms with Crippen LogP contribution in [0.15, 0.2) is 0 Å². The van der Waals surface area contributed by atoms with Gasteiger partial charge in [-0.15, -0.1) is 0 Å². The third-order valence-electron chi connectivity index (χ3n) is 2.29. The molecular formula is C9H20N2. The first kappa shape index (κ1) is 9.01. The van der Waals surface area contributed by atoms with Crippen LogP contribution in [0, 0.1) is 0 Å². The van der Waals surface area contributed by atoms with Crippen molar-refractivity contribution < 1.29 is 0 Å². The van der Waals surface area contributed by atoms with Crippen molar-refractivity contribution in [2.75, 3.05) is 13.6 Å². The molecule has 2 aliphatic rings. The second kappa shape index (κ2) is 4.73. The van der Waals surface area contributed by atoms with Crippen molar-refractivity contribution in [3.05, 3.63) is 0 Å². The molecule has 2 rings (SSSR count). The van der Waals surface area contributed by atoms with Gasteiger partial charge in [-0.2, -0.15) is 0 Å². The minimum absolute atomic E-state index is 0.796. The standard InChI is InChI=1S/C5H11N.C4H9N/c1-5-3-2-4-6-5;1-5-4-2-3-4/h5-6H,2-4H2,1H3;4-5H,2-3H2,1H3. The highest BCUT2D eigenvalue weighted by molar-refractivity contribution is 4.78. The van der Waals surface area contributed by atoms with Gasteiger partial charge in [0, 0.05) is 12.1 Å². The van der Waals surface area contributed by atoms with Crippen LogP contribution >= 0.6 is 0 Å². The van der Waals surface area contributed by atoms with E-state index in [0.717, 1.165) is 12.1 Å². The molecule has 2 fully saturated rings. The Balaban J connectivity index is 0.000000112. The molecule has 2 N–H and O–H groups in total. The molecule has 1 aliphatic carbocycles. The summed E-state index contributed by atoms with van der Waals surface area (Å²) < 4.78 is 0. The van der Waals surface area contributed by atoms with E-state index in [4.69, 9.17) is 0 Å². The monoisotopic (exact) mass is 156 g/mol. The maximum Gasteiger partial charge on any atom is 0.00652 e. The summed E-state index contributed by atoms with van der Waals surface area (Å²) in [5, 5.41) is 6.46. The summed E-state index contributed by atoms with van der Waals surface area (Å²) in [7, 11) is 2.01. The lowest BCUT2D eigenvalue weighted by Gasteiger charge is -1.95. The SMILES string of the molecule is CC1CCCN1.CNC1CC1. The van der Waals surface area contributed by atoms with Crippen LogP contribution in [0.25, 0.3) is 0 Å². The van der Waals surface area contributed by atoms with Gasteiger partial charge < -0.3 is 10.6 Å². The third kappa shape index (κ3) is 4.38. The van der Waals surface area contributed by atoms with Crippen LogP contribution in [0.5, 0.6) is 0 Å². The topological polar surface area (TPSA) is 24.1 Å². The Labute approximate surface area is 69.8 Å². The Morgan fingerprint density at radius 3 is 2.09 bits per heavy atom. The zero-order chi connectivity index (χ0) is 8.10. The van der Waals surface area contributed by atoms with Gasteiger partial charge >= 0.3 is 0 Å². The minimum atomic E-state index is 0.796. The highest BCUT2D eigenvalue weighted by atomic mass is 14.9. The second-order valence-corrected chi connectivity index (χ2v) is 3.56. The predicted molar refractivity (Wildman–Crippen MR) is 48.8 cm³/mol. The summed E-state index contributed by atoms with van der Waals surface area (Å²) in [6.45, 7) is 3.47. The average molecular weight is 156 g/mol. The fraction of sp³-hybridized carbons (Fsp3) is 1.00. The van der Waals surface area contributed by atoms with Crippen LogP contribution in [-0.4, -0.2) is 25.7 Å². The van der Waals surface area contributed by atoms with Crippen LogP contribution in [0.2, 0.25) is 0 Å². The van der Waals surface area contributed by atoms with Gasteiger partial charge in [0.25, 0.3) is 0 Å². The van der Waals surface area contributed by atoms with Gasteiger partial charge in [0.1, 0.15) is 0 Å². The van der Waals surface area contributed by atoms with Crippen molar-refractivity contribution in [2.45, 2.75) is 44.7 Å². The maximum absolute atomic E-state index is 3.32. The van der Waals surface area contributed by atoms with Crippen LogP contribution in [0.3, 0.4) is 0 Å². The molecule has 0 bridgehead atoms. The molecule has 11 heavy (non-hydrogen) atoms. The summed E-state index contributed by atoms with van der Waals surface area (Å²) in [5.41, 5.74) is 0. The molecule has 1 atom stereocenters. The highest BCUT2D eigenvalue weighted by Crippen LogP contribution is 2.16. The summed E-state index contributed by atoms with van der Waals surface area (Å²) in [6, 6.07) is 1.68. The van der Waals surface area contributed by atoms with Gasteiger partial charge in [0.15, 0.2) is 0 Å². The highest BCUT2D eigenvalue weighted by Gasteiger charge is 2.17. The van der Waals surface area contributed by atoms with Crippen molar-refractivity contribution in [2.24, 2.45) is 0 Å². The maximum atomic E-state index is 3.32. The summed E-state index contributed by atoms with van der Waals surface area (Å²) >= 11 is 0. The quantitative estimate of drug-likeness (QED) is 0.594. The molecule has 0 radical (unpaired) electrons. The van der Waals surface area contributed by atoms with E-state index in [-0.39, 0.29) is 0 Å². The van der Waals surface area contributed by atoms with E-state index in [1.54, 1.807) is 0 Å². The molecule has 0 amide bonds. The Morgan fingerprint density at radius 2 is 2.00 bits per heavy atom. The van der Waals surface area contributed by atoms with Crippen molar-refractivity contribution in [3.8, 4) is 0 Å². The molecule has 0 aromatic carbocycles.